The molecule has 3 aromatic heterocycles. The highest BCUT2D eigenvalue weighted by Crippen LogP contribution is 2.46. The van der Waals surface area contributed by atoms with Crippen LogP contribution >= 0.6 is 0 Å². The molecular weight excluding hydrogens is 290 g/mol. The molecule has 2 unspecified atom stereocenters. The molecule has 0 spiro atoms. The number of aromatic nitrogens is 4. The molecule has 6 nitrogen and oxygen atoms in total. The van der Waals surface area contributed by atoms with Crippen LogP contribution in [0.3, 0.4) is 0 Å². The van der Waals surface area contributed by atoms with Crippen molar-refractivity contribution in [2.45, 2.75) is 19.3 Å². The molecule has 2 atom stereocenters. The van der Waals surface area contributed by atoms with Crippen LogP contribution in [0.5, 0.6) is 0 Å². The number of rotatable bonds is 4. The molecule has 1 aliphatic rings. The van der Waals surface area contributed by atoms with Gasteiger partial charge in [-0.25, -0.2) is 0 Å². The van der Waals surface area contributed by atoms with E-state index < -0.39 is 0 Å². The normalized spacial score (nSPS) is 19.5. The van der Waals surface area contributed by atoms with E-state index in [2.05, 4.69) is 27.4 Å². The zero-order chi connectivity index (χ0) is 15.8. The van der Waals surface area contributed by atoms with Crippen molar-refractivity contribution in [2.75, 3.05) is 5.32 Å². The fourth-order valence-electron chi connectivity index (χ4n) is 2.74. The summed E-state index contributed by atoms with van der Waals surface area (Å²) in [6, 6.07) is 9.39. The topological polar surface area (TPSA) is 75.6 Å². The minimum Gasteiger partial charge on any atom is -0.324 e. The zero-order valence-corrected chi connectivity index (χ0v) is 12.7. The van der Waals surface area contributed by atoms with Gasteiger partial charge in [-0.15, -0.1) is 0 Å². The van der Waals surface area contributed by atoms with E-state index in [9.17, 15) is 4.79 Å². The van der Waals surface area contributed by atoms with E-state index in [0.29, 0.717) is 23.3 Å². The lowest BCUT2D eigenvalue weighted by Gasteiger charge is -2.05. The maximum Gasteiger partial charge on any atom is 0.275 e. The molecule has 4 rings (SSSR count). The Kier molecular flexibility index (Phi) is 3.22. The van der Waals surface area contributed by atoms with Gasteiger partial charge in [0.2, 0.25) is 0 Å². The summed E-state index contributed by atoms with van der Waals surface area (Å²) < 4.78 is 1.93. The Balaban J connectivity index is 1.51. The molecule has 2 N–H and O–H groups in total. The monoisotopic (exact) mass is 307 g/mol. The number of hydrogen-bond acceptors (Lipinski definition) is 3. The molecule has 1 amide bonds. The molecular formula is C17H17N5O. The molecule has 3 aromatic rings. The highest BCUT2D eigenvalue weighted by molar-refractivity contribution is 6.02. The maximum atomic E-state index is 12.4. The summed E-state index contributed by atoms with van der Waals surface area (Å²) in [5, 5.41) is 9.95. The number of nitrogens with zero attached hydrogens (tertiary/aromatic N) is 3. The number of amides is 1. The van der Waals surface area contributed by atoms with E-state index in [1.165, 1.54) is 6.42 Å². The van der Waals surface area contributed by atoms with Crippen molar-refractivity contribution in [3.8, 4) is 5.69 Å². The Morgan fingerprint density at radius 1 is 1.35 bits per heavy atom. The van der Waals surface area contributed by atoms with E-state index in [4.69, 9.17) is 0 Å². The Labute approximate surface area is 133 Å². The van der Waals surface area contributed by atoms with Crippen LogP contribution in [0.15, 0.2) is 48.9 Å². The molecule has 0 aliphatic heterocycles. The maximum absolute atomic E-state index is 12.4. The summed E-state index contributed by atoms with van der Waals surface area (Å²) >= 11 is 0. The average Bonchev–Trinajstić information content (AvgIpc) is 3.01. The SMILES string of the molecule is CC1CC1c1cc(NC(=O)c2cc(-n3cccc3)ccn2)n[nH]1. The minimum atomic E-state index is -0.263. The molecule has 1 saturated carbocycles. The highest BCUT2D eigenvalue weighted by atomic mass is 16.1. The van der Waals surface area contributed by atoms with Gasteiger partial charge in [0.25, 0.3) is 5.91 Å². The first kappa shape index (κ1) is 13.8. The van der Waals surface area contributed by atoms with E-state index in [0.717, 1.165) is 11.4 Å². The van der Waals surface area contributed by atoms with Crippen molar-refractivity contribution in [1.82, 2.24) is 19.7 Å². The Bertz CT molecular complexity index is 836. The third-order valence-corrected chi connectivity index (χ3v) is 4.23. The molecule has 0 aromatic carbocycles. The predicted molar refractivity (Wildman–Crippen MR) is 86.6 cm³/mol. The van der Waals surface area contributed by atoms with Crippen molar-refractivity contribution in [3.63, 3.8) is 0 Å². The summed E-state index contributed by atoms with van der Waals surface area (Å²) in [4.78, 5) is 16.5. The fraction of sp³-hybridized carbons (Fsp3) is 0.235. The van der Waals surface area contributed by atoms with Gasteiger partial charge in [-0.05, 0) is 36.6 Å². The summed E-state index contributed by atoms with van der Waals surface area (Å²) in [6.45, 7) is 2.21. The summed E-state index contributed by atoms with van der Waals surface area (Å²) in [5.41, 5.74) is 2.34. The fourth-order valence-corrected chi connectivity index (χ4v) is 2.74. The standard InChI is InChI=1S/C17H17N5O/c1-11-8-13(11)14-10-16(21-20-14)19-17(23)15-9-12(4-5-18-15)22-6-2-3-7-22/h2-7,9-11,13H,8H2,1H3,(H2,19,20,21,23). The second kappa shape index (κ2) is 5.39. The van der Waals surface area contributed by atoms with Crippen LogP contribution in [0.2, 0.25) is 0 Å². The lowest BCUT2D eigenvalue weighted by molar-refractivity contribution is 0.102. The molecule has 23 heavy (non-hydrogen) atoms. The molecule has 6 heteroatoms. The Hall–Kier alpha value is -2.89. The molecule has 0 saturated heterocycles. The summed E-state index contributed by atoms with van der Waals surface area (Å²) in [5.74, 6) is 1.51. The lowest BCUT2D eigenvalue weighted by Crippen LogP contribution is -2.14. The summed E-state index contributed by atoms with van der Waals surface area (Å²) in [6.07, 6.45) is 6.66. The van der Waals surface area contributed by atoms with Crippen LogP contribution in [0.25, 0.3) is 5.69 Å². The average molecular weight is 307 g/mol. The molecule has 3 heterocycles. The zero-order valence-electron chi connectivity index (χ0n) is 12.7. The number of carbonyl (C=O) groups is 1. The number of aromatic amines is 1. The van der Waals surface area contributed by atoms with E-state index in [1.54, 1.807) is 12.3 Å². The van der Waals surface area contributed by atoms with Crippen LogP contribution in [0.4, 0.5) is 5.82 Å². The van der Waals surface area contributed by atoms with Crippen molar-refractivity contribution >= 4 is 11.7 Å². The Morgan fingerprint density at radius 2 is 2.13 bits per heavy atom. The van der Waals surface area contributed by atoms with Crippen molar-refractivity contribution in [2.24, 2.45) is 5.92 Å². The van der Waals surface area contributed by atoms with Gasteiger partial charge in [0, 0.05) is 42.0 Å². The van der Waals surface area contributed by atoms with Crippen LogP contribution < -0.4 is 5.32 Å². The number of pyridine rings is 1. The first-order valence-corrected chi connectivity index (χ1v) is 7.67. The van der Waals surface area contributed by atoms with Crippen LogP contribution in [0.1, 0.15) is 35.4 Å². The van der Waals surface area contributed by atoms with Crippen LogP contribution in [-0.2, 0) is 0 Å². The van der Waals surface area contributed by atoms with Gasteiger partial charge < -0.3 is 9.88 Å². The smallest absolute Gasteiger partial charge is 0.275 e. The third-order valence-electron chi connectivity index (χ3n) is 4.23. The number of anilines is 1. The van der Waals surface area contributed by atoms with Gasteiger partial charge >= 0.3 is 0 Å². The third kappa shape index (κ3) is 2.75. The van der Waals surface area contributed by atoms with Crippen molar-refractivity contribution in [1.29, 1.82) is 0 Å². The van der Waals surface area contributed by atoms with Crippen LogP contribution in [-0.4, -0.2) is 25.7 Å². The second-order valence-electron chi connectivity index (χ2n) is 5.97. The number of carbonyl (C=O) groups excluding carboxylic acids is 1. The minimum absolute atomic E-state index is 0.263. The number of H-pyrrole nitrogens is 1. The van der Waals surface area contributed by atoms with E-state index >= 15 is 0 Å². The van der Waals surface area contributed by atoms with Gasteiger partial charge in [-0.3, -0.25) is 14.9 Å². The number of hydrogen-bond donors (Lipinski definition) is 2. The first-order valence-electron chi connectivity index (χ1n) is 7.67. The van der Waals surface area contributed by atoms with Crippen molar-refractivity contribution in [3.05, 3.63) is 60.3 Å². The predicted octanol–water partition coefficient (Wildman–Crippen LogP) is 2.97. The summed E-state index contributed by atoms with van der Waals surface area (Å²) in [7, 11) is 0. The quantitative estimate of drug-likeness (QED) is 0.778. The van der Waals surface area contributed by atoms with E-state index in [1.807, 2.05) is 41.2 Å². The van der Waals surface area contributed by atoms with Gasteiger partial charge in [0.1, 0.15) is 5.69 Å². The number of nitrogens with one attached hydrogen (secondary N) is 2. The largest absolute Gasteiger partial charge is 0.324 e. The highest BCUT2D eigenvalue weighted by Gasteiger charge is 2.35. The van der Waals surface area contributed by atoms with Gasteiger partial charge in [-0.1, -0.05) is 6.92 Å². The van der Waals surface area contributed by atoms with Gasteiger partial charge in [-0.2, -0.15) is 5.10 Å². The van der Waals surface area contributed by atoms with E-state index in [-0.39, 0.29) is 5.91 Å². The lowest BCUT2D eigenvalue weighted by atomic mass is 10.2. The molecule has 116 valence electrons. The Morgan fingerprint density at radius 3 is 2.87 bits per heavy atom. The van der Waals surface area contributed by atoms with Crippen molar-refractivity contribution < 1.29 is 4.79 Å². The van der Waals surface area contributed by atoms with Crippen LogP contribution in [0, 0.1) is 5.92 Å². The molecule has 1 aliphatic carbocycles. The molecule has 0 bridgehead atoms. The molecule has 0 radical (unpaired) electrons. The first-order chi connectivity index (χ1) is 11.2. The molecule has 1 fully saturated rings. The second-order valence-corrected chi connectivity index (χ2v) is 5.97. The van der Waals surface area contributed by atoms with Gasteiger partial charge in [0.15, 0.2) is 5.82 Å². The van der Waals surface area contributed by atoms with Gasteiger partial charge in [0.05, 0.1) is 0 Å².